The number of aromatic nitrogens is 5. The molecule has 4 heterocycles. The Labute approximate surface area is 203 Å². The molecule has 1 N–H and O–H groups in total. The highest BCUT2D eigenvalue weighted by Gasteiger charge is 2.22. The maximum Gasteiger partial charge on any atom is 0.228 e. The van der Waals surface area contributed by atoms with E-state index in [1.807, 2.05) is 34.9 Å². The summed E-state index contributed by atoms with van der Waals surface area (Å²) in [6, 6.07) is 18.2. The molecule has 0 saturated carbocycles. The SMILES string of the molecule is CN(C)C1CCN(c2ccc3nc(C(=O)c4ccnc(-n5cnc6ccccc65)c4)[nH]c3c2)CC1. The van der Waals surface area contributed by atoms with Gasteiger partial charge in [0.1, 0.15) is 12.1 Å². The summed E-state index contributed by atoms with van der Waals surface area (Å²) in [7, 11) is 4.30. The van der Waals surface area contributed by atoms with E-state index in [1.54, 1.807) is 24.7 Å². The number of para-hydroxylation sites is 2. The van der Waals surface area contributed by atoms with Gasteiger partial charge in [-0.2, -0.15) is 0 Å². The van der Waals surface area contributed by atoms with E-state index in [0.717, 1.165) is 53.7 Å². The number of hydrogen-bond donors (Lipinski definition) is 1. The number of fused-ring (bicyclic) bond motifs is 2. The lowest BCUT2D eigenvalue weighted by Crippen LogP contribution is -2.41. The molecule has 0 atom stereocenters. The fourth-order valence-corrected chi connectivity index (χ4v) is 4.91. The molecule has 1 aliphatic rings. The second-order valence-electron chi connectivity index (χ2n) is 9.30. The van der Waals surface area contributed by atoms with E-state index in [0.29, 0.717) is 23.2 Å². The molecule has 0 aliphatic carbocycles. The van der Waals surface area contributed by atoms with E-state index in [1.165, 1.54) is 0 Å². The van der Waals surface area contributed by atoms with Crippen LogP contribution in [0.4, 0.5) is 5.69 Å². The highest BCUT2D eigenvalue weighted by Crippen LogP contribution is 2.26. The molecule has 3 aromatic heterocycles. The van der Waals surface area contributed by atoms with Crippen molar-refractivity contribution in [2.24, 2.45) is 0 Å². The number of pyridine rings is 1. The zero-order chi connectivity index (χ0) is 23.9. The molecule has 1 aliphatic heterocycles. The third-order valence-corrected chi connectivity index (χ3v) is 6.95. The average molecular weight is 466 g/mol. The van der Waals surface area contributed by atoms with E-state index in [-0.39, 0.29) is 5.78 Å². The molecule has 1 fully saturated rings. The largest absolute Gasteiger partial charge is 0.371 e. The first kappa shape index (κ1) is 21.5. The molecule has 2 aromatic carbocycles. The second-order valence-corrected chi connectivity index (χ2v) is 9.30. The monoisotopic (exact) mass is 465 g/mol. The van der Waals surface area contributed by atoms with Gasteiger partial charge in [-0.1, -0.05) is 12.1 Å². The Hall–Kier alpha value is -4.04. The number of H-pyrrole nitrogens is 1. The number of aromatic amines is 1. The van der Waals surface area contributed by atoms with Crippen molar-refractivity contribution in [2.45, 2.75) is 18.9 Å². The van der Waals surface area contributed by atoms with Gasteiger partial charge in [0.15, 0.2) is 5.82 Å². The highest BCUT2D eigenvalue weighted by atomic mass is 16.1. The number of ketones is 1. The first-order valence-electron chi connectivity index (χ1n) is 11.9. The predicted octanol–water partition coefficient (Wildman–Crippen LogP) is 4.06. The number of benzene rings is 2. The minimum atomic E-state index is -0.164. The average Bonchev–Trinajstić information content (AvgIpc) is 3.52. The molecule has 0 radical (unpaired) electrons. The van der Waals surface area contributed by atoms with Gasteiger partial charge < -0.3 is 14.8 Å². The zero-order valence-corrected chi connectivity index (χ0v) is 19.8. The van der Waals surface area contributed by atoms with Crippen LogP contribution in [0.25, 0.3) is 27.9 Å². The van der Waals surface area contributed by atoms with Crippen molar-refractivity contribution in [3.05, 3.63) is 78.5 Å². The standard InChI is InChI=1S/C27H27N7O/c1-32(2)19-10-13-33(14-11-19)20-7-8-21-23(16-20)31-27(30-21)26(35)18-9-12-28-25(15-18)34-17-29-22-5-3-4-6-24(22)34/h3-9,12,15-17,19H,10-11,13-14H2,1-2H3,(H,30,31). The molecule has 0 unspecified atom stereocenters. The molecule has 0 spiro atoms. The van der Waals surface area contributed by atoms with Crippen molar-refractivity contribution in [1.82, 2.24) is 29.4 Å². The molecule has 1 saturated heterocycles. The lowest BCUT2D eigenvalue weighted by Gasteiger charge is -2.36. The van der Waals surface area contributed by atoms with Crippen LogP contribution in [0.1, 0.15) is 29.0 Å². The first-order chi connectivity index (χ1) is 17.1. The van der Waals surface area contributed by atoms with Crippen molar-refractivity contribution >= 4 is 33.5 Å². The molecule has 5 aromatic rings. The van der Waals surface area contributed by atoms with Crippen LogP contribution in [-0.2, 0) is 0 Å². The van der Waals surface area contributed by atoms with Crippen molar-refractivity contribution in [3.8, 4) is 5.82 Å². The van der Waals surface area contributed by atoms with E-state index < -0.39 is 0 Å². The van der Waals surface area contributed by atoms with Crippen molar-refractivity contribution in [1.29, 1.82) is 0 Å². The number of nitrogens with one attached hydrogen (secondary N) is 1. The summed E-state index contributed by atoms with van der Waals surface area (Å²) in [5.74, 6) is 0.808. The van der Waals surface area contributed by atoms with Gasteiger partial charge in [0.2, 0.25) is 5.78 Å². The van der Waals surface area contributed by atoms with E-state index in [2.05, 4.69) is 56.0 Å². The zero-order valence-electron chi connectivity index (χ0n) is 19.8. The van der Waals surface area contributed by atoms with Gasteiger partial charge in [-0.3, -0.25) is 9.36 Å². The summed E-state index contributed by atoms with van der Waals surface area (Å²) in [6.45, 7) is 2.05. The Balaban J connectivity index is 1.26. The lowest BCUT2D eigenvalue weighted by atomic mass is 10.0. The quantitative estimate of drug-likeness (QED) is 0.394. The van der Waals surface area contributed by atoms with Crippen LogP contribution in [0, 0.1) is 0 Å². The number of nitrogens with zero attached hydrogens (tertiary/aromatic N) is 6. The first-order valence-corrected chi connectivity index (χ1v) is 11.9. The van der Waals surface area contributed by atoms with Crippen LogP contribution in [0.3, 0.4) is 0 Å². The molecule has 35 heavy (non-hydrogen) atoms. The third kappa shape index (κ3) is 3.95. The van der Waals surface area contributed by atoms with Gasteiger partial charge in [0, 0.05) is 36.6 Å². The normalized spacial score (nSPS) is 14.9. The molecular formula is C27H27N7O. The summed E-state index contributed by atoms with van der Waals surface area (Å²) >= 11 is 0. The Morgan fingerprint density at radius 2 is 1.83 bits per heavy atom. The third-order valence-electron chi connectivity index (χ3n) is 6.95. The van der Waals surface area contributed by atoms with E-state index in [4.69, 9.17) is 0 Å². The molecule has 8 nitrogen and oxygen atoms in total. The summed E-state index contributed by atoms with van der Waals surface area (Å²) < 4.78 is 1.89. The van der Waals surface area contributed by atoms with E-state index in [9.17, 15) is 4.79 Å². The number of rotatable bonds is 5. The Morgan fingerprint density at radius 1 is 1.00 bits per heavy atom. The lowest BCUT2D eigenvalue weighted by molar-refractivity contribution is 0.103. The minimum absolute atomic E-state index is 0.164. The van der Waals surface area contributed by atoms with Crippen LogP contribution in [0.2, 0.25) is 0 Å². The summed E-state index contributed by atoms with van der Waals surface area (Å²) in [4.78, 5) is 34.8. The van der Waals surface area contributed by atoms with Crippen LogP contribution in [0.5, 0.6) is 0 Å². The summed E-state index contributed by atoms with van der Waals surface area (Å²) in [6.07, 6.45) is 5.67. The smallest absolute Gasteiger partial charge is 0.228 e. The minimum Gasteiger partial charge on any atom is -0.371 e. The molecule has 0 amide bonds. The van der Waals surface area contributed by atoms with E-state index >= 15 is 0 Å². The number of piperidine rings is 1. The number of imidazole rings is 2. The van der Waals surface area contributed by atoms with Crippen LogP contribution >= 0.6 is 0 Å². The van der Waals surface area contributed by atoms with Crippen molar-refractivity contribution in [3.63, 3.8) is 0 Å². The fourth-order valence-electron chi connectivity index (χ4n) is 4.91. The molecule has 176 valence electrons. The fraction of sp³-hybridized carbons (Fsp3) is 0.259. The Bertz CT molecular complexity index is 1530. The number of anilines is 1. The molecule has 0 bridgehead atoms. The number of carbonyl (C=O) groups is 1. The Morgan fingerprint density at radius 3 is 2.66 bits per heavy atom. The van der Waals surface area contributed by atoms with Gasteiger partial charge >= 0.3 is 0 Å². The van der Waals surface area contributed by atoms with Crippen LogP contribution < -0.4 is 4.90 Å². The van der Waals surface area contributed by atoms with Gasteiger partial charge in [-0.25, -0.2) is 15.0 Å². The molecule has 6 rings (SSSR count). The highest BCUT2D eigenvalue weighted by molar-refractivity contribution is 6.08. The maximum absolute atomic E-state index is 13.3. The van der Waals surface area contributed by atoms with Crippen molar-refractivity contribution in [2.75, 3.05) is 32.1 Å². The van der Waals surface area contributed by atoms with Gasteiger partial charge in [-0.05, 0) is 69.4 Å². The topological polar surface area (TPSA) is 82.9 Å². The van der Waals surface area contributed by atoms with Gasteiger partial charge in [0.25, 0.3) is 0 Å². The molecule has 8 heteroatoms. The van der Waals surface area contributed by atoms with Gasteiger partial charge in [0.05, 0.1) is 22.1 Å². The second kappa shape index (κ2) is 8.63. The van der Waals surface area contributed by atoms with Crippen molar-refractivity contribution < 1.29 is 4.79 Å². The Kier molecular flexibility index (Phi) is 5.30. The van der Waals surface area contributed by atoms with Gasteiger partial charge in [-0.15, -0.1) is 0 Å². The number of carbonyl (C=O) groups excluding carboxylic acids is 1. The summed E-state index contributed by atoms with van der Waals surface area (Å²) in [5.41, 5.74) is 5.17. The number of hydrogen-bond acceptors (Lipinski definition) is 6. The molecular weight excluding hydrogens is 438 g/mol. The van der Waals surface area contributed by atoms with Crippen LogP contribution in [-0.4, -0.2) is 68.4 Å². The maximum atomic E-state index is 13.3. The summed E-state index contributed by atoms with van der Waals surface area (Å²) in [5, 5.41) is 0. The predicted molar refractivity (Wildman–Crippen MR) is 137 cm³/mol. The van der Waals surface area contributed by atoms with Crippen LogP contribution in [0.15, 0.2) is 67.1 Å².